The van der Waals surface area contributed by atoms with Gasteiger partial charge in [-0.05, 0) is 43.0 Å². The molecule has 84 valence electrons. The first-order chi connectivity index (χ1) is 7.19. The quantitative estimate of drug-likeness (QED) is 0.814. The molecule has 0 saturated carbocycles. The normalized spacial score (nSPS) is 12.8. The third-order valence-electron chi connectivity index (χ3n) is 2.25. The Kier molecular flexibility index (Phi) is 5.72. The smallest absolute Gasteiger partial charge is 0.0303 e. The molecule has 0 saturated heterocycles. The molecule has 1 atom stereocenters. The summed E-state index contributed by atoms with van der Waals surface area (Å²) in [7, 11) is 0. The minimum atomic E-state index is 0.418. The molecule has 0 amide bonds. The van der Waals surface area contributed by atoms with Gasteiger partial charge in [0.1, 0.15) is 0 Å². The summed E-state index contributed by atoms with van der Waals surface area (Å²) in [6, 6.07) is 6.94. The molecule has 0 bridgehead atoms. The van der Waals surface area contributed by atoms with Crippen molar-refractivity contribution < 1.29 is 0 Å². The number of thioether (sulfide) groups is 1. The Morgan fingerprint density at radius 3 is 2.73 bits per heavy atom. The molecule has 0 radical (unpaired) electrons. The third kappa shape index (κ3) is 3.82. The van der Waals surface area contributed by atoms with Crippen LogP contribution < -0.4 is 5.32 Å². The van der Waals surface area contributed by atoms with Crippen molar-refractivity contribution in [3.05, 3.63) is 28.2 Å². The standard InChI is InChI=1S/C12H18BrNS/c1-4-14-9(3)11-8-10(13)6-7-12(11)15-5-2/h6-9,14H,4-5H2,1-3H3. The molecule has 1 nitrogen and oxygen atoms in total. The Balaban J connectivity index is 2.95. The molecule has 0 aliphatic rings. The van der Waals surface area contributed by atoms with E-state index in [1.54, 1.807) is 0 Å². The van der Waals surface area contributed by atoms with Crippen molar-refractivity contribution in [2.45, 2.75) is 31.7 Å². The van der Waals surface area contributed by atoms with Gasteiger partial charge in [0.2, 0.25) is 0 Å². The number of benzene rings is 1. The van der Waals surface area contributed by atoms with Gasteiger partial charge in [0.05, 0.1) is 0 Å². The maximum absolute atomic E-state index is 3.53. The van der Waals surface area contributed by atoms with Crippen LogP contribution in [0.2, 0.25) is 0 Å². The summed E-state index contributed by atoms with van der Waals surface area (Å²) in [5.41, 5.74) is 1.39. The molecule has 0 aromatic heterocycles. The van der Waals surface area contributed by atoms with Crippen LogP contribution in [-0.2, 0) is 0 Å². The van der Waals surface area contributed by atoms with Crippen LogP contribution in [0.15, 0.2) is 27.6 Å². The molecule has 1 rings (SSSR count). The molecule has 0 heterocycles. The van der Waals surface area contributed by atoms with Gasteiger partial charge in [0.25, 0.3) is 0 Å². The second-order valence-corrected chi connectivity index (χ2v) is 5.62. The molecule has 3 heteroatoms. The number of hydrogen-bond acceptors (Lipinski definition) is 2. The van der Waals surface area contributed by atoms with Gasteiger partial charge in [-0.1, -0.05) is 29.8 Å². The van der Waals surface area contributed by atoms with Crippen LogP contribution in [-0.4, -0.2) is 12.3 Å². The van der Waals surface area contributed by atoms with Crippen LogP contribution in [0, 0.1) is 0 Å². The molecule has 0 aliphatic carbocycles. The molecular formula is C12H18BrNS. The first-order valence-corrected chi connectivity index (χ1v) is 7.12. The van der Waals surface area contributed by atoms with E-state index in [0.717, 1.165) is 16.8 Å². The summed E-state index contributed by atoms with van der Waals surface area (Å²) in [5.74, 6) is 1.12. The van der Waals surface area contributed by atoms with E-state index in [1.807, 2.05) is 11.8 Å². The van der Waals surface area contributed by atoms with E-state index in [4.69, 9.17) is 0 Å². The number of hydrogen-bond donors (Lipinski definition) is 1. The fourth-order valence-electron chi connectivity index (χ4n) is 1.56. The highest BCUT2D eigenvalue weighted by Gasteiger charge is 2.09. The lowest BCUT2D eigenvalue weighted by atomic mass is 10.1. The molecule has 1 N–H and O–H groups in total. The molecule has 0 spiro atoms. The minimum absolute atomic E-state index is 0.418. The molecule has 1 unspecified atom stereocenters. The van der Waals surface area contributed by atoms with Crippen LogP contribution in [0.3, 0.4) is 0 Å². The second kappa shape index (κ2) is 6.56. The summed E-state index contributed by atoms with van der Waals surface area (Å²) in [6.45, 7) is 7.55. The van der Waals surface area contributed by atoms with Crippen molar-refractivity contribution in [3.63, 3.8) is 0 Å². The van der Waals surface area contributed by atoms with Gasteiger partial charge in [-0.25, -0.2) is 0 Å². The Morgan fingerprint density at radius 2 is 2.13 bits per heavy atom. The zero-order valence-electron chi connectivity index (χ0n) is 9.51. The van der Waals surface area contributed by atoms with Gasteiger partial charge in [0.15, 0.2) is 0 Å². The summed E-state index contributed by atoms with van der Waals surface area (Å²) < 4.78 is 1.16. The molecule has 0 fully saturated rings. The monoisotopic (exact) mass is 287 g/mol. The van der Waals surface area contributed by atoms with Crippen LogP contribution in [0.25, 0.3) is 0 Å². The van der Waals surface area contributed by atoms with Crippen LogP contribution in [0.4, 0.5) is 0 Å². The Bertz CT molecular complexity index is 314. The van der Waals surface area contributed by atoms with Gasteiger partial charge in [-0.15, -0.1) is 11.8 Å². The van der Waals surface area contributed by atoms with E-state index in [-0.39, 0.29) is 0 Å². The predicted octanol–water partition coefficient (Wildman–Crippen LogP) is 4.23. The van der Waals surface area contributed by atoms with Crippen molar-refractivity contribution in [2.75, 3.05) is 12.3 Å². The van der Waals surface area contributed by atoms with E-state index >= 15 is 0 Å². The largest absolute Gasteiger partial charge is 0.310 e. The molecular weight excluding hydrogens is 270 g/mol. The van der Waals surface area contributed by atoms with Crippen molar-refractivity contribution >= 4 is 27.7 Å². The fraction of sp³-hybridized carbons (Fsp3) is 0.500. The van der Waals surface area contributed by atoms with E-state index in [9.17, 15) is 0 Å². The Labute approximate surface area is 105 Å². The van der Waals surface area contributed by atoms with Gasteiger partial charge in [0, 0.05) is 15.4 Å². The van der Waals surface area contributed by atoms with E-state index in [1.165, 1.54) is 10.5 Å². The van der Waals surface area contributed by atoms with E-state index in [2.05, 4.69) is 60.2 Å². The fourth-order valence-corrected chi connectivity index (χ4v) is 2.82. The SMILES string of the molecule is CCNC(C)c1cc(Br)ccc1SCC. The highest BCUT2D eigenvalue weighted by atomic mass is 79.9. The lowest BCUT2D eigenvalue weighted by Gasteiger charge is -2.17. The highest BCUT2D eigenvalue weighted by Crippen LogP contribution is 2.29. The van der Waals surface area contributed by atoms with Crippen molar-refractivity contribution in [1.82, 2.24) is 5.32 Å². The summed E-state index contributed by atoms with van der Waals surface area (Å²) in [4.78, 5) is 1.38. The first kappa shape index (κ1) is 13.1. The maximum atomic E-state index is 3.53. The Hall–Kier alpha value is 0.01000. The summed E-state index contributed by atoms with van der Waals surface area (Å²) >= 11 is 5.43. The summed E-state index contributed by atoms with van der Waals surface area (Å²) in [6.07, 6.45) is 0. The van der Waals surface area contributed by atoms with Gasteiger partial charge >= 0.3 is 0 Å². The van der Waals surface area contributed by atoms with Crippen LogP contribution in [0.5, 0.6) is 0 Å². The second-order valence-electron chi connectivity index (χ2n) is 3.39. The van der Waals surface area contributed by atoms with Crippen LogP contribution in [0.1, 0.15) is 32.4 Å². The summed E-state index contributed by atoms with van der Waals surface area (Å²) in [5, 5.41) is 3.45. The van der Waals surface area contributed by atoms with Gasteiger partial charge in [-0.3, -0.25) is 0 Å². The average molecular weight is 288 g/mol. The lowest BCUT2D eigenvalue weighted by Crippen LogP contribution is -2.18. The average Bonchev–Trinajstić information content (AvgIpc) is 2.21. The zero-order chi connectivity index (χ0) is 11.3. The highest BCUT2D eigenvalue weighted by molar-refractivity contribution is 9.10. The van der Waals surface area contributed by atoms with Crippen molar-refractivity contribution in [3.8, 4) is 0 Å². The van der Waals surface area contributed by atoms with Crippen LogP contribution >= 0.6 is 27.7 Å². The molecule has 1 aromatic carbocycles. The number of halogens is 1. The number of nitrogens with one attached hydrogen (secondary N) is 1. The topological polar surface area (TPSA) is 12.0 Å². The molecule has 1 aromatic rings. The van der Waals surface area contributed by atoms with Crippen molar-refractivity contribution in [2.24, 2.45) is 0 Å². The Morgan fingerprint density at radius 1 is 1.40 bits per heavy atom. The predicted molar refractivity (Wildman–Crippen MR) is 72.6 cm³/mol. The first-order valence-electron chi connectivity index (χ1n) is 5.34. The zero-order valence-corrected chi connectivity index (χ0v) is 11.9. The van der Waals surface area contributed by atoms with E-state index in [0.29, 0.717) is 6.04 Å². The van der Waals surface area contributed by atoms with Gasteiger partial charge in [-0.2, -0.15) is 0 Å². The minimum Gasteiger partial charge on any atom is -0.310 e. The third-order valence-corrected chi connectivity index (χ3v) is 3.71. The lowest BCUT2D eigenvalue weighted by molar-refractivity contribution is 0.589. The molecule has 0 aliphatic heterocycles. The maximum Gasteiger partial charge on any atom is 0.0303 e. The van der Waals surface area contributed by atoms with Crippen molar-refractivity contribution in [1.29, 1.82) is 0 Å². The molecule has 15 heavy (non-hydrogen) atoms. The van der Waals surface area contributed by atoms with Gasteiger partial charge < -0.3 is 5.32 Å². The van der Waals surface area contributed by atoms with E-state index < -0.39 is 0 Å². The number of rotatable bonds is 5.